The van der Waals surface area contributed by atoms with Crippen molar-refractivity contribution in [1.29, 1.82) is 0 Å². The van der Waals surface area contributed by atoms with Crippen LogP contribution in [-0.2, 0) is 14.8 Å². The van der Waals surface area contributed by atoms with Crippen molar-refractivity contribution in [3.63, 3.8) is 0 Å². The summed E-state index contributed by atoms with van der Waals surface area (Å²) < 4.78 is 27.0. The predicted octanol–water partition coefficient (Wildman–Crippen LogP) is 2.05. The molecule has 1 aromatic carbocycles. The molecule has 2 aliphatic heterocycles. The summed E-state index contributed by atoms with van der Waals surface area (Å²) in [5.41, 5.74) is 0.477. The summed E-state index contributed by atoms with van der Waals surface area (Å²) in [5.74, 6) is -1.08. The lowest BCUT2D eigenvalue weighted by molar-refractivity contribution is -0.141. The molecule has 2 aliphatic rings. The number of piperidine rings is 1. The lowest BCUT2D eigenvalue weighted by Gasteiger charge is -2.30. The van der Waals surface area contributed by atoms with Gasteiger partial charge in [0.15, 0.2) is 0 Å². The van der Waals surface area contributed by atoms with Gasteiger partial charge in [-0.15, -0.1) is 0 Å². The first kappa shape index (κ1) is 19.6. The molecule has 148 valence electrons. The number of carboxylic acid groups (broad SMARTS) is 1. The zero-order valence-corrected chi connectivity index (χ0v) is 16.1. The third-order valence-electron chi connectivity index (χ3n) is 5.19. The number of amides is 2. The number of likely N-dealkylation sites (tertiary alicyclic amines) is 1. The maximum absolute atomic E-state index is 12.8. The van der Waals surface area contributed by atoms with Crippen LogP contribution in [0.25, 0.3) is 0 Å². The van der Waals surface area contributed by atoms with Gasteiger partial charge in [0.1, 0.15) is 0 Å². The Morgan fingerprint density at radius 1 is 1.11 bits per heavy atom. The van der Waals surface area contributed by atoms with Crippen molar-refractivity contribution in [2.24, 2.45) is 11.8 Å². The van der Waals surface area contributed by atoms with Gasteiger partial charge in [-0.05, 0) is 49.4 Å². The fourth-order valence-electron chi connectivity index (χ4n) is 3.57. The topological polar surface area (TPSA) is 107 Å². The van der Waals surface area contributed by atoms with E-state index in [4.69, 9.17) is 5.11 Å². The highest BCUT2D eigenvalue weighted by Gasteiger charge is 2.31. The molecular weight excluding hydrogens is 370 g/mol. The Hall–Kier alpha value is -2.13. The average Bonchev–Trinajstić information content (AvgIpc) is 3.13. The van der Waals surface area contributed by atoms with E-state index in [2.05, 4.69) is 5.32 Å². The fourth-order valence-corrected chi connectivity index (χ4v) is 5.17. The van der Waals surface area contributed by atoms with Gasteiger partial charge in [0.2, 0.25) is 10.0 Å². The van der Waals surface area contributed by atoms with E-state index in [1.54, 1.807) is 12.1 Å². The van der Waals surface area contributed by atoms with Crippen LogP contribution >= 0.6 is 0 Å². The van der Waals surface area contributed by atoms with Crippen molar-refractivity contribution in [2.45, 2.75) is 31.1 Å². The smallest absolute Gasteiger partial charge is 0.321 e. The molecule has 2 saturated heterocycles. The van der Waals surface area contributed by atoms with Gasteiger partial charge in [0, 0.05) is 31.9 Å². The van der Waals surface area contributed by atoms with Crippen molar-refractivity contribution in [3.05, 3.63) is 24.3 Å². The van der Waals surface area contributed by atoms with Crippen LogP contribution in [0.4, 0.5) is 10.5 Å². The molecule has 2 fully saturated rings. The van der Waals surface area contributed by atoms with E-state index in [9.17, 15) is 18.0 Å². The summed E-state index contributed by atoms with van der Waals surface area (Å²) in [6.07, 6.45) is 2.34. The molecule has 0 spiro atoms. The Kier molecular flexibility index (Phi) is 5.71. The number of sulfonamides is 1. The van der Waals surface area contributed by atoms with Gasteiger partial charge >= 0.3 is 12.0 Å². The van der Waals surface area contributed by atoms with E-state index in [0.29, 0.717) is 37.7 Å². The molecule has 3 rings (SSSR count). The van der Waals surface area contributed by atoms with Gasteiger partial charge in [-0.2, -0.15) is 4.31 Å². The molecular formula is C18H25N3O5S. The van der Waals surface area contributed by atoms with E-state index in [-0.39, 0.29) is 17.5 Å². The Labute approximate surface area is 159 Å². The third kappa shape index (κ3) is 4.41. The van der Waals surface area contributed by atoms with Gasteiger partial charge in [-0.25, -0.2) is 13.2 Å². The minimum atomic E-state index is -3.53. The molecule has 0 aliphatic carbocycles. The summed E-state index contributed by atoms with van der Waals surface area (Å²) in [6, 6.07) is 5.73. The number of nitrogens with one attached hydrogen (secondary N) is 1. The molecule has 9 heteroatoms. The van der Waals surface area contributed by atoms with Crippen LogP contribution in [0.1, 0.15) is 26.2 Å². The second-order valence-corrected chi connectivity index (χ2v) is 9.27. The van der Waals surface area contributed by atoms with Crippen LogP contribution in [0.15, 0.2) is 29.2 Å². The number of carboxylic acids is 1. The van der Waals surface area contributed by atoms with Crippen molar-refractivity contribution < 1.29 is 23.1 Å². The zero-order chi connectivity index (χ0) is 19.6. The minimum Gasteiger partial charge on any atom is -0.481 e. The number of carbonyl (C=O) groups excluding carboxylic acids is 1. The lowest BCUT2D eigenvalue weighted by Crippen LogP contribution is -2.39. The Bertz CT molecular complexity index is 809. The number of benzene rings is 1. The van der Waals surface area contributed by atoms with E-state index in [0.717, 1.165) is 12.8 Å². The average molecular weight is 395 g/mol. The largest absolute Gasteiger partial charge is 0.481 e. The number of hydrogen-bond acceptors (Lipinski definition) is 4. The zero-order valence-electron chi connectivity index (χ0n) is 15.3. The maximum Gasteiger partial charge on any atom is 0.321 e. The number of hydrogen-bond donors (Lipinski definition) is 2. The molecule has 2 amide bonds. The normalized spacial score (nSPS) is 24.0. The van der Waals surface area contributed by atoms with Gasteiger partial charge < -0.3 is 15.3 Å². The van der Waals surface area contributed by atoms with E-state index in [1.165, 1.54) is 21.3 Å². The van der Waals surface area contributed by atoms with E-state index < -0.39 is 21.9 Å². The van der Waals surface area contributed by atoms with Crippen molar-refractivity contribution in [2.75, 3.05) is 31.5 Å². The second-order valence-electron chi connectivity index (χ2n) is 7.33. The van der Waals surface area contributed by atoms with Crippen LogP contribution in [0.5, 0.6) is 0 Å². The number of carbonyl (C=O) groups is 2. The SMILES string of the molecule is CC1CCCN(S(=O)(=O)c2ccc(NC(=O)N3CCC(C(=O)O)C3)cc2)C1. The van der Waals surface area contributed by atoms with Crippen molar-refractivity contribution >= 4 is 27.7 Å². The van der Waals surface area contributed by atoms with Crippen LogP contribution in [0.2, 0.25) is 0 Å². The van der Waals surface area contributed by atoms with Crippen LogP contribution in [0, 0.1) is 11.8 Å². The molecule has 2 N–H and O–H groups in total. The summed E-state index contributed by atoms with van der Waals surface area (Å²) in [6.45, 7) is 3.68. The number of rotatable bonds is 4. The van der Waals surface area contributed by atoms with E-state index in [1.807, 2.05) is 6.92 Å². The maximum atomic E-state index is 12.8. The highest BCUT2D eigenvalue weighted by atomic mass is 32.2. The molecule has 0 radical (unpaired) electrons. The number of nitrogens with zero attached hydrogens (tertiary/aromatic N) is 2. The quantitative estimate of drug-likeness (QED) is 0.811. The van der Waals surface area contributed by atoms with Gasteiger partial charge in [0.05, 0.1) is 10.8 Å². The molecule has 1 aromatic rings. The number of urea groups is 1. The first-order valence-corrected chi connectivity index (χ1v) is 10.6. The Morgan fingerprint density at radius 2 is 1.81 bits per heavy atom. The summed E-state index contributed by atoms with van der Waals surface area (Å²) >= 11 is 0. The highest BCUT2D eigenvalue weighted by molar-refractivity contribution is 7.89. The first-order valence-electron chi connectivity index (χ1n) is 9.16. The summed E-state index contributed by atoms with van der Waals surface area (Å²) in [5, 5.41) is 11.7. The Balaban J connectivity index is 1.63. The lowest BCUT2D eigenvalue weighted by atomic mass is 10.0. The molecule has 0 saturated carbocycles. The number of aliphatic carboxylic acids is 1. The predicted molar refractivity (Wildman–Crippen MR) is 99.9 cm³/mol. The molecule has 0 aromatic heterocycles. The van der Waals surface area contributed by atoms with Gasteiger partial charge in [-0.1, -0.05) is 6.92 Å². The van der Waals surface area contributed by atoms with Gasteiger partial charge in [0.25, 0.3) is 0 Å². The third-order valence-corrected chi connectivity index (χ3v) is 7.07. The van der Waals surface area contributed by atoms with Crippen molar-refractivity contribution in [3.8, 4) is 0 Å². The molecule has 2 heterocycles. The minimum absolute atomic E-state index is 0.181. The van der Waals surface area contributed by atoms with Crippen LogP contribution in [-0.4, -0.2) is 60.9 Å². The van der Waals surface area contributed by atoms with Gasteiger partial charge in [-0.3, -0.25) is 4.79 Å². The summed E-state index contributed by atoms with van der Waals surface area (Å²) in [4.78, 5) is 24.9. The van der Waals surface area contributed by atoms with Crippen LogP contribution < -0.4 is 5.32 Å². The molecule has 0 bridgehead atoms. The second kappa shape index (κ2) is 7.85. The first-order chi connectivity index (χ1) is 12.8. The Morgan fingerprint density at radius 3 is 2.41 bits per heavy atom. The standard InChI is InChI=1S/C18H25N3O5S/c1-13-3-2-9-21(11-13)27(25,26)16-6-4-15(5-7-16)19-18(24)20-10-8-14(12-20)17(22)23/h4-7,13-14H,2-3,8-12H2,1H3,(H,19,24)(H,22,23). The molecule has 2 unspecified atom stereocenters. The fraction of sp³-hybridized carbons (Fsp3) is 0.556. The monoisotopic (exact) mass is 395 g/mol. The van der Waals surface area contributed by atoms with Crippen LogP contribution in [0.3, 0.4) is 0 Å². The molecule has 8 nitrogen and oxygen atoms in total. The van der Waals surface area contributed by atoms with E-state index >= 15 is 0 Å². The molecule has 2 atom stereocenters. The molecule has 27 heavy (non-hydrogen) atoms. The number of anilines is 1. The summed E-state index contributed by atoms with van der Waals surface area (Å²) in [7, 11) is -3.53. The highest BCUT2D eigenvalue weighted by Crippen LogP contribution is 2.25. The van der Waals surface area contributed by atoms with Crippen molar-refractivity contribution in [1.82, 2.24) is 9.21 Å².